The molecular weight excluding hydrogens is 192 g/mol. The van der Waals surface area contributed by atoms with Crippen molar-refractivity contribution in [2.75, 3.05) is 0 Å². The Morgan fingerprint density at radius 3 is 2.38 bits per heavy atom. The highest BCUT2D eigenvalue weighted by molar-refractivity contribution is 5.35. The first-order valence-electron chi connectivity index (χ1n) is 6.05. The van der Waals surface area contributed by atoms with Crippen LogP contribution in [0.1, 0.15) is 50.3 Å². The fourth-order valence-electron chi connectivity index (χ4n) is 2.23. The van der Waals surface area contributed by atoms with E-state index in [-0.39, 0.29) is 5.41 Å². The van der Waals surface area contributed by atoms with Gasteiger partial charge in [0, 0.05) is 0 Å². The van der Waals surface area contributed by atoms with Crippen LogP contribution in [0, 0.1) is 13.8 Å². The van der Waals surface area contributed by atoms with E-state index in [1.54, 1.807) is 0 Å². The molecule has 1 rings (SSSR count). The Kier molecular flexibility index (Phi) is 3.96. The van der Waals surface area contributed by atoms with E-state index in [1.165, 1.54) is 28.7 Å². The average Bonchev–Trinajstić information content (AvgIpc) is 2.14. The number of allylic oxidation sites excluding steroid dienone is 1. The van der Waals surface area contributed by atoms with E-state index >= 15 is 0 Å². The Bertz CT molecular complexity index is 383. The molecule has 0 fully saturated rings. The van der Waals surface area contributed by atoms with Crippen LogP contribution in [-0.2, 0) is 5.41 Å². The van der Waals surface area contributed by atoms with Gasteiger partial charge in [-0.05, 0) is 50.2 Å². The van der Waals surface area contributed by atoms with Gasteiger partial charge in [-0.2, -0.15) is 0 Å². The first-order chi connectivity index (χ1) is 7.33. The summed E-state index contributed by atoms with van der Waals surface area (Å²) in [5.41, 5.74) is 5.75. The van der Waals surface area contributed by atoms with E-state index < -0.39 is 0 Å². The maximum Gasteiger partial charge on any atom is -0.00979 e. The van der Waals surface area contributed by atoms with Crippen LogP contribution in [0.2, 0.25) is 0 Å². The molecule has 0 N–H and O–H groups in total. The van der Waals surface area contributed by atoms with Crippen LogP contribution in [-0.4, -0.2) is 0 Å². The van der Waals surface area contributed by atoms with Crippen molar-refractivity contribution in [2.45, 2.75) is 52.9 Å². The summed E-state index contributed by atoms with van der Waals surface area (Å²) >= 11 is 0. The average molecular weight is 216 g/mol. The SMILES string of the molecule is C=C(C)CCC(C)(C)c1ccc(C)cc1C. The second kappa shape index (κ2) is 4.86. The van der Waals surface area contributed by atoms with Crippen molar-refractivity contribution < 1.29 is 0 Å². The summed E-state index contributed by atoms with van der Waals surface area (Å²) in [6.07, 6.45) is 2.28. The third-order valence-corrected chi connectivity index (χ3v) is 3.29. The van der Waals surface area contributed by atoms with Gasteiger partial charge in [0.2, 0.25) is 0 Å². The summed E-state index contributed by atoms with van der Waals surface area (Å²) in [7, 11) is 0. The minimum absolute atomic E-state index is 0.247. The number of aryl methyl sites for hydroxylation is 2. The van der Waals surface area contributed by atoms with E-state index in [2.05, 4.69) is 59.4 Å². The highest BCUT2D eigenvalue weighted by Crippen LogP contribution is 2.32. The predicted octanol–water partition coefficient (Wildman–Crippen LogP) is 4.94. The molecule has 0 aliphatic heterocycles. The van der Waals surface area contributed by atoms with Crippen LogP contribution in [0.25, 0.3) is 0 Å². The Morgan fingerprint density at radius 1 is 1.25 bits per heavy atom. The van der Waals surface area contributed by atoms with Gasteiger partial charge in [0.15, 0.2) is 0 Å². The van der Waals surface area contributed by atoms with Crippen LogP contribution in [0.4, 0.5) is 0 Å². The summed E-state index contributed by atoms with van der Waals surface area (Å²) in [5.74, 6) is 0. The van der Waals surface area contributed by atoms with E-state index in [9.17, 15) is 0 Å². The topological polar surface area (TPSA) is 0 Å². The van der Waals surface area contributed by atoms with Gasteiger partial charge in [0.05, 0.1) is 0 Å². The molecule has 0 heteroatoms. The largest absolute Gasteiger partial charge is 0.100 e. The first-order valence-corrected chi connectivity index (χ1v) is 6.05. The molecule has 0 atom stereocenters. The van der Waals surface area contributed by atoms with Gasteiger partial charge in [0.25, 0.3) is 0 Å². The van der Waals surface area contributed by atoms with E-state index in [4.69, 9.17) is 0 Å². The lowest BCUT2D eigenvalue weighted by atomic mass is 9.77. The molecule has 0 aromatic heterocycles. The zero-order valence-electron chi connectivity index (χ0n) is 11.4. The van der Waals surface area contributed by atoms with Crippen LogP contribution >= 0.6 is 0 Å². The van der Waals surface area contributed by atoms with Crippen molar-refractivity contribution in [1.82, 2.24) is 0 Å². The van der Waals surface area contributed by atoms with Crippen molar-refractivity contribution >= 4 is 0 Å². The fraction of sp³-hybridized carbons (Fsp3) is 0.500. The lowest BCUT2D eigenvalue weighted by Crippen LogP contribution is -2.18. The van der Waals surface area contributed by atoms with Crippen molar-refractivity contribution in [1.29, 1.82) is 0 Å². The third kappa shape index (κ3) is 3.23. The quantitative estimate of drug-likeness (QED) is 0.625. The molecule has 0 saturated heterocycles. The molecule has 88 valence electrons. The summed E-state index contributed by atoms with van der Waals surface area (Å²) in [4.78, 5) is 0. The minimum Gasteiger partial charge on any atom is -0.100 e. The molecule has 0 aliphatic rings. The van der Waals surface area contributed by atoms with E-state index in [1.807, 2.05) is 0 Å². The maximum atomic E-state index is 3.99. The second-order valence-electron chi connectivity index (χ2n) is 5.66. The summed E-state index contributed by atoms with van der Waals surface area (Å²) in [5, 5.41) is 0. The molecule has 1 aromatic carbocycles. The molecule has 0 amide bonds. The Balaban J connectivity index is 2.92. The van der Waals surface area contributed by atoms with E-state index in [0.29, 0.717) is 0 Å². The fourth-order valence-corrected chi connectivity index (χ4v) is 2.23. The summed E-state index contributed by atoms with van der Waals surface area (Å²) in [6, 6.07) is 6.77. The molecule has 0 heterocycles. The van der Waals surface area contributed by atoms with Gasteiger partial charge in [-0.25, -0.2) is 0 Å². The van der Waals surface area contributed by atoms with Gasteiger partial charge >= 0.3 is 0 Å². The lowest BCUT2D eigenvalue weighted by Gasteiger charge is -2.27. The van der Waals surface area contributed by atoms with Crippen molar-refractivity contribution in [3.05, 3.63) is 47.0 Å². The number of benzene rings is 1. The van der Waals surface area contributed by atoms with Gasteiger partial charge < -0.3 is 0 Å². The van der Waals surface area contributed by atoms with Gasteiger partial charge in [-0.3, -0.25) is 0 Å². The van der Waals surface area contributed by atoms with Gasteiger partial charge in [-0.15, -0.1) is 6.58 Å². The van der Waals surface area contributed by atoms with Gasteiger partial charge in [-0.1, -0.05) is 43.2 Å². The van der Waals surface area contributed by atoms with Crippen LogP contribution in [0.3, 0.4) is 0 Å². The maximum absolute atomic E-state index is 3.99. The molecule has 0 radical (unpaired) electrons. The highest BCUT2D eigenvalue weighted by Gasteiger charge is 2.21. The monoisotopic (exact) mass is 216 g/mol. The molecule has 1 aromatic rings. The van der Waals surface area contributed by atoms with Crippen LogP contribution in [0.15, 0.2) is 30.4 Å². The molecule has 0 aliphatic carbocycles. The van der Waals surface area contributed by atoms with Crippen molar-refractivity contribution in [3.63, 3.8) is 0 Å². The number of hydrogen-bond acceptors (Lipinski definition) is 0. The number of hydrogen-bond donors (Lipinski definition) is 0. The standard InChI is InChI=1S/C16H24/c1-12(2)9-10-16(5,6)15-8-7-13(3)11-14(15)4/h7-8,11H,1,9-10H2,2-6H3. The van der Waals surface area contributed by atoms with Crippen molar-refractivity contribution in [2.24, 2.45) is 0 Å². The Morgan fingerprint density at radius 2 is 1.88 bits per heavy atom. The molecular formula is C16H24. The zero-order chi connectivity index (χ0) is 12.3. The molecule has 0 unspecified atom stereocenters. The molecule has 16 heavy (non-hydrogen) atoms. The Hall–Kier alpha value is -1.04. The van der Waals surface area contributed by atoms with E-state index in [0.717, 1.165) is 6.42 Å². The minimum atomic E-state index is 0.247. The zero-order valence-corrected chi connectivity index (χ0v) is 11.4. The van der Waals surface area contributed by atoms with Crippen molar-refractivity contribution in [3.8, 4) is 0 Å². The summed E-state index contributed by atoms with van der Waals surface area (Å²) < 4.78 is 0. The second-order valence-corrected chi connectivity index (χ2v) is 5.66. The smallest absolute Gasteiger partial charge is 0.00979 e. The lowest BCUT2D eigenvalue weighted by molar-refractivity contribution is 0.476. The third-order valence-electron chi connectivity index (χ3n) is 3.29. The van der Waals surface area contributed by atoms with Crippen LogP contribution in [0.5, 0.6) is 0 Å². The number of rotatable bonds is 4. The van der Waals surface area contributed by atoms with Gasteiger partial charge in [0.1, 0.15) is 0 Å². The summed E-state index contributed by atoms with van der Waals surface area (Å²) in [6.45, 7) is 15.1. The molecule has 0 bridgehead atoms. The highest BCUT2D eigenvalue weighted by atomic mass is 14.3. The Labute approximate surface area is 100 Å². The molecule has 0 spiro atoms. The predicted molar refractivity (Wildman–Crippen MR) is 73.0 cm³/mol. The van der Waals surface area contributed by atoms with Crippen LogP contribution < -0.4 is 0 Å². The normalized spacial score (nSPS) is 11.6. The first kappa shape index (κ1) is 13.0. The molecule has 0 nitrogen and oxygen atoms in total. The molecule has 0 saturated carbocycles.